The Kier molecular flexibility index (Phi) is 5.62. The van der Waals surface area contributed by atoms with Crippen molar-refractivity contribution in [1.82, 2.24) is 10.2 Å². The first-order chi connectivity index (χ1) is 9.56. The van der Waals surface area contributed by atoms with E-state index in [9.17, 15) is 0 Å². The summed E-state index contributed by atoms with van der Waals surface area (Å²) in [6.45, 7) is 12.9. The number of nitrogens with zero attached hydrogens (tertiary/aromatic N) is 1. The van der Waals surface area contributed by atoms with Gasteiger partial charge in [-0.25, -0.2) is 0 Å². The Balaban J connectivity index is 1.97. The minimum atomic E-state index is 0.589. The van der Waals surface area contributed by atoms with Crippen LogP contribution in [-0.4, -0.2) is 36.6 Å². The number of hydrogen-bond donors (Lipinski definition) is 1. The van der Waals surface area contributed by atoms with Gasteiger partial charge in [-0.05, 0) is 23.8 Å². The Morgan fingerprint density at radius 3 is 2.45 bits per heavy atom. The molecule has 112 valence electrons. The average molecular weight is 274 g/mol. The zero-order valence-electron chi connectivity index (χ0n) is 13.5. The second-order valence-corrected chi connectivity index (χ2v) is 6.95. The first-order valence-electron chi connectivity index (χ1n) is 8.07. The van der Waals surface area contributed by atoms with E-state index in [4.69, 9.17) is 0 Å². The Morgan fingerprint density at radius 2 is 1.85 bits per heavy atom. The third-order valence-corrected chi connectivity index (χ3v) is 4.23. The van der Waals surface area contributed by atoms with E-state index in [-0.39, 0.29) is 0 Å². The maximum absolute atomic E-state index is 3.76. The molecule has 1 aromatic carbocycles. The van der Waals surface area contributed by atoms with Gasteiger partial charge in [0, 0.05) is 31.7 Å². The highest BCUT2D eigenvalue weighted by Crippen LogP contribution is 2.18. The van der Waals surface area contributed by atoms with Crippen molar-refractivity contribution in [1.29, 1.82) is 0 Å². The van der Waals surface area contributed by atoms with Gasteiger partial charge in [-0.2, -0.15) is 0 Å². The van der Waals surface area contributed by atoms with E-state index >= 15 is 0 Å². The van der Waals surface area contributed by atoms with Crippen molar-refractivity contribution in [2.24, 2.45) is 11.8 Å². The van der Waals surface area contributed by atoms with E-state index in [0.717, 1.165) is 24.8 Å². The SMILES string of the molecule is CC(C)CN1CC(Cc2ccccc2)NCC1C(C)C. The van der Waals surface area contributed by atoms with Crippen LogP contribution in [0.3, 0.4) is 0 Å². The van der Waals surface area contributed by atoms with Crippen LogP contribution in [0, 0.1) is 11.8 Å². The van der Waals surface area contributed by atoms with Crippen LogP contribution in [0.15, 0.2) is 30.3 Å². The predicted octanol–water partition coefficient (Wildman–Crippen LogP) is 3.18. The molecule has 1 N–H and O–H groups in total. The smallest absolute Gasteiger partial charge is 0.0244 e. The minimum Gasteiger partial charge on any atom is -0.311 e. The fourth-order valence-electron chi connectivity index (χ4n) is 3.27. The largest absolute Gasteiger partial charge is 0.311 e. The van der Waals surface area contributed by atoms with Gasteiger partial charge in [0.1, 0.15) is 0 Å². The summed E-state index contributed by atoms with van der Waals surface area (Å²) in [5.74, 6) is 1.46. The molecule has 20 heavy (non-hydrogen) atoms. The monoisotopic (exact) mass is 274 g/mol. The molecule has 2 nitrogen and oxygen atoms in total. The van der Waals surface area contributed by atoms with Crippen molar-refractivity contribution in [2.75, 3.05) is 19.6 Å². The van der Waals surface area contributed by atoms with E-state index in [0.29, 0.717) is 12.1 Å². The molecule has 1 aliphatic heterocycles. The van der Waals surface area contributed by atoms with Gasteiger partial charge in [-0.1, -0.05) is 58.0 Å². The summed E-state index contributed by atoms with van der Waals surface area (Å²) in [5.41, 5.74) is 1.44. The molecule has 1 aliphatic rings. The first-order valence-corrected chi connectivity index (χ1v) is 8.07. The molecular weight excluding hydrogens is 244 g/mol. The van der Waals surface area contributed by atoms with Gasteiger partial charge in [0.05, 0.1) is 0 Å². The van der Waals surface area contributed by atoms with E-state index < -0.39 is 0 Å². The van der Waals surface area contributed by atoms with Crippen molar-refractivity contribution in [3.63, 3.8) is 0 Å². The molecule has 0 aromatic heterocycles. The van der Waals surface area contributed by atoms with Gasteiger partial charge in [0.25, 0.3) is 0 Å². The Labute approximate surface area is 124 Å². The van der Waals surface area contributed by atoms with E-state index in [1.54, 1.807) is 0 Å². The summed E-state index contributed by atoms with van der Waals surface area (Å²) in [6.07, 6.45) is 1.14. The molecule has 1 saturated heterocycles. The zero-order valence-corrected chi connectivity index (χ0v) is 13.5. The molecule has 2 atom stereocenters. The number of piperazine rings is 1. The van der Waals surface area contributed by atoms with Crippen LogP contribution in [0.4, 0.5) is 0 Å². The lowest BCUT2D eigenvalue weighted by Gasteiger charge is -2.43. The van der Waals surface area contributed by atoms with Crippen molar-refractivity contribution in [3.8, 4) is 0 Å². The normalized spacial score (nSPS) is 24.5. The summed E-state index contributed by atoms with van der Waals surface area (Å²) >= 11 is 0. The van der Waals surface area contributed by atoms with Crippen LogP contribution < -0.4 is 5.32 Å². The zero-order chi connectivity index (χ0) is 14.5. The highest BCUT2D eigenvalue weighted by atomic mass is 15.2. The standard InChI is InChI=1S/C18H30N2/c1-14(2)12-20-13-17(19-11-18(20)15(3)4)10-16-8-6-5-7-9-16/h5-9,14-15,17-19H,10-13H2,1-4H3. The third kappa shape index (κ3) is 4.32. The molecule has 0 radical (unpaired) electrons. The molecule has 1 heterocycles. The Bertz CT molecular complexity index is 386. The first kappa shape index (κ1) is 15.5. The topological polar surface area (TPSA) is 15.3 Å². The van der Waals surface area contributed by atoms with E-state index in [1.807, 2.05) is 0 Å². The van der Waals surface area contributed by atoms with Gasteiger partial charge in [0.15, 0.2) is 0 Å². The number of hydrogen-bond acceptors (Lipinski definition) is 2. The summed E-state index contributed by atoms with van der Waals surface area (Å²) in [5, 5.41) is 3.76. The molecule has 0 amide bonds. The molecule has 1 fully saturated rings. The van der Waals surface area contributed by atoms with Gasteiger partial charge in [-0.3, -0.25) is 4.90 Å². The Morgan fingerprint density at radius 1 is 1.15 bits per heavy atom. The van der Waals surface area contributed by atoms with Crippen LogP contribution in [-0.2, 0) is 6.42 Å². The quantitative estimate of drug-likeness (QED) is 0.887. The summed E-state index contributed by atoms with van der Waals surface area (Å²) < 4.78 is 0. The molecule has 2 heteroatoms. The van der Waals surface area contributed by atoms with Crippen LogP contribution >= 0.6 is 0 Å². The van der Waals surface area contributed by atoms with Gasteiger partial charge >= 0.3 is 0 Å². The molecule has 2 unspecified atom stereocenters. The lowest BCUT2D eigenvalue weighted by atomic mass is 9.95. The second kappa shape index (κ2) is 7.24. The van der Waals surface area contributed by atoms with Gasteiger partial charge in [0.2, 0.25) is 0 Å². The fraction of sp³-hybridized carbons (Fsp3) is 0.667. The van der Waals surface area contributed by atoms with Crippen LogP contribution in [0.5, 0.6) is 0 Å². The minimum absolute atomic E-state index is 0.589. The average Bonchev–Trinajstić information content (AvgIpc) is 2.39. The molecule has 0 bridgehead atoms. The molecule has 1 aromatic rings. The molecule has 0 spiro atoms. The highest BCUT2D eigenvalue weighted by molar-refractivity contribution is 5.16. The molecular formula is C18H30N2. The molecule has 2 rings (SSSR count). The van der Waals surface area contributed by atoms with Crippen molar-refractivity contribution in [3.05, 3.63) is 35.9 Å². The number of rotatable bonds is 5. The van der Waals surface area contributed by atoms with Crippen molar-refractivity contribution in [2.45, 2.75) is 46.2 Å². The van der Waals surface area contributed by atoms with Crippen LogP contribution in [0.25, 0.3) is 0 Å². The third-order valence-electron chi connectivity index (χ3n) is 4.23. The lowest BCUT2D eigenvalue weighted by molar-refractivity contribution is 0.0865. The van der Waals surface area contributed by atoms with E-state index in [2.05, 4.69) is 68.2 Å². The number of nitrogens with one attached hydrogen (secondary N) is 1. The van der Waals surface area contributed by atoms with Gasteiger partial charge < -0.3 is 5.32 Å². The van der Waals surface area contributed by atoms with E-state index in [1.165, 1.54) is 18.7 Å². The molecule has 0 aliphatic carbocycles. The fourth-order valence-corrected chi connectivity index (χ4v) is 3.27. The molecule has 0 saturated carbocycles. The predicted molar refractivity (Wildman–Crippen MR) is 87.0 cm³/mol. The highest BCUT2D eigenvalue weighted by Gasteiger charge is 2.29. The van der Waals surface area contributed by atoms with Crippen molar-refractivity contribution < 1.29 is 0 Å². The maximum Gasteiger partial charge on any atom is 0.0244 e. The second-order valence-electron chi connectivity index (χ2n) is 6.95. The van der Waals surface area contributed by atoms with Crippen LogP contribution in [0.1, 0.15) is 33.3 Å². The van der Waals surface area contributed by atoms with Gasteiger partial charge in [-0.15, -0.1) is 0 Å². The van der Waals surface area contributed by atoms with Crippen molar-refractivity contribution >= 4 is 0 Å². The summed E-state index contributed by atoms with van der Waals surface area (Å²) in [6, 6.07) is 12.1. The Hall–Kier alpha value is -0.860. The summed E-state index contributed by atoms with van der Waals surface area (Å²) in [4.78, 5) is 2.71. The number of benzene rings is 1. The maximum atomic E-state index is 3.76. The lowest BCUT2D eigenvalue weighted by Crippen LogP contribution is -2.59. The van der Waals surface area contributed by atoms with Crippen LogP contribution in [0.2, 0.25) is 0 Å². The summed E-state index contributed by atoms with van der Waals surface area (Å²) in [7, 11) is 0.